The van der Waals surface area contributed by atoms with Crippen molar-refractivity contribution < 1.29 is 9.30 Å². The van der Waals surface area contributed by atoms with Crippen LogP contribution in [0.2, 0.25) is 0 Å². The lowest BCUT2D eigenvalue weighted by atomic mass is 10.1. The lowest BCUT2D eigenvalue weighted by Crippen LogP contribution is -2.28. The van der Waals surface area contributed by atoms with Crippen molar-refractivity contribution in [3.63, 3.8) is 0 Å². The molecule has 154 valence electrons. The number of fused-ring (bicyclic) bond motifs is 1. The van der Waals surface area contributed by atoms with E-state index in [2.05, 4.69) is 25.3 Å². The third-order valence-electron chi connectivity index (χ3n) is 4.86. The molecule has 1 fully saturated rings. The van der Waals surface area contributed by atoms with Gasteiger partial charge in [0, 0.05) is 25.5 Å². The van der Waals surface area contributed by atoms with Gasteiger partial charge in [0.05, 0.1) is 6.54 Å². The summed E-state index contributed by atoms with van der Waals surface area (Å²) >= 11 is 0. The van der Waals surface area contributed by atoms with Gasteiger partial charge < -0.3 is 25.3 Å². The zero-order chi connectivity index (χ0) is 20.6. The van der Waals surface area contributed by atoms with Gasteiger partial charge >= 0.3 is 5.69 Å². The van der Waals surface area contributed by atoms with E-state index in [1.807, 2.05) is 12.1 Å². The number of H-pyrrole nitrogens is 1. The summed E-state index contributed by atoms with van der Waals surface area (Å²) in [5.74, 6) is 0.901. The van der Waals surface area contributed by atoms with Crippen LogP contribution in [0, 0.1) is 0 Å². The molecule has 3 aromatic heterocycles. The lowest BCUT2D eigenvalue weighted by Gasteiger charge is -2.23. The molecule has 0 radical (unpaired) electrons. The molecule has 0 saturated carbocycles. The number of nitrogens with two attached hydrogens (primary N) is 1. The zero-order valence-electron chi connectivity index (χ0n) is 16.4. The number of aromatic amines is 1. The van der Waals surface area contributed by atoms with Crippen LogP contribution in [-0.4, -0.2) is 57.1 Å². The second-order valence-electron chi connectivity index (χ2n) is 7.56. The van der Waals surface area contributed by atoms with E-state index < -0.39 is 7.14 Å². The molecule has 4 rings (SSSR count). The fourth-order valence-electron chi connectivity index (χ4n) is 3.26. The minimum atomic E-state index is -2.73. The highest BCUT2D eigenvalue weighted by Gasteiger charge is 2.21. The zero-order valence-corrected chi connectivity index (χ0v) is 17.3. The molecule has 1 saturated heterocycles. The van der Waals surface area contributed by atoms with Crippen LogP contribution in [-0.2, 0) is 15.8 Å². The number of nitrogen functional groups attached to an aromatic ring is 1. The largest absolute Gasteiger partial charge is 0.382 e. The standard InChI is InChI=1S/C18H24N7O3P/c1-29(2,27)17-23-15(19)14-16(24-17)25(18(26)22-14)10-11-3-4-13(20-9-11)21-12-5-7-28-8-6-12/h3-4,9,12H,5-8,10H2,1-2H3,(H,20,21)(H,22,26)(H2,19,23,24). The van der Waals surface area contributed by atoms with Crippen LogP contribution in [0.25, 0.3) is 11.2 Å². The van der Waals surface area contributed by atoms with Crippen molar-refractivity contribution in [3.8, 4) is 0 Å². The molecule has 0 spiro atoms. The van der Waals surface area contributed by atoms with E-state index in [1.165, 1.54) is 4.57 Å². The SMILES string of the molecule is CP(C)(=O)c1nc(N)c2[nH]c(=O)n(Cc3ccc(NC4CCOCC4)nc3)c2n1. The van der Waals surface area contributed by atoms with Crippen LogP contribution in [0.4, 0.5) is 11.6 Å². The molecule has 0 aromatic carbocycles. The van der Waals surface area contributed by atoms with Gasteiger partial charge in [-0.05, 0) is 37.8 Å². The number of rotatable bonds is 5. The highest BCUT2D eigenvalue weighted by Crippen LogP contribution is 2.33. The second kappa shape index (κ2) is 7.61. The summed E-state index contributed by atoms with van der Waals surface area (Å²) in [6.07, 6.45) is 3.63. The molecule has 4 N–H and O–H groups in total. The van der Waals surface area contributed by atoms with Crippen molar-refractivity contribution in [1.82, 2.24) is 24.5 Å². The first-order valence-electron chi connectivity index (χ1n) is 9.42. The van der Waals surface area contributed by atoms with E-state index in [9.17, 15) is 9.36 Å². The van der Waals surface area contributed by atoms with E-state index in [0.29, 0.717) is 17.2 Å². The first kappa shape index (κ1) is 19.6. The number of imidazole rings is 1. The van der Waals surface area contributed by atoms with Gasteiger partial charge in [-0.15, -0.1) is 0 Å². The molecule has 0 amide bonds. The number of hydrogen-bond donors (Lipinski definition) is 3. The minimum Gasteiger partial charge on any atom is -0.382 e. The normalized spacial score (nSPS) is 15.7. The van der Waals surface area contributed by atoms with E-state index in [-0.39, 0.29) is 23.6 Å². The average molecular weight is 417 g/mol. The van der Waals surface area contributed by atoms with E-state index in [1.54, 1.807) is 19.5 Å². The maximum atomic E-state index is 12.5. The Morgan fingerprint density at radius 3 is 2.72 bits per heavy atom. The van der Waals surface area contributed by atoms with Crippen LogP contribution in [0.1, 0.15) is 18.4 Å². The van der Waals surface area contributed by atoms with Crippen molar-refractivity contribution in [2.24, 2.45) is 0 Å². The summed E-state index contributed by atoms with van der Waals surface area (Å²) in [4.78, 5) is 28.0. The Hall–Kier alpha value is -2.71. The van der Waals surface area contributed by atoms with Gasteiger partial charge in [0.2, 0.25) is 0 Å². The van der Waals surface area contributed by atoms with Crippen LogP contribution < -0.4 is 22.3 Å². The summed E-state index contributed by atoms with van der Waals surface area (Å²) in [5, 5.41) is 3.41. The molecule has 29 heavy (non-hydrogen) atoms. The molecule has 1 aliphatic heterocycles. The number of anilines is 2. The molecule has 0 aliphatic carbocycles. The van der Waals surface area contributed by atoms with Gasteiger partial charge in [-0.25, -0.2) is 19.7 Å². The number of ether oxygens (including phenoxy) is 1. The van der Waals surface area contributed by atoms with Crippen LogP contribution in [0.5, 0.6) is 0 Å². The molecule has 10 nitrogen and oxygen atoms in total. The minimum absolute atomic E-state index is 0.110. The maximum absolute atomic E-state index is 12.5. The predicted octanol–water partition coefficient (Wildman–Crippen LogP) is 0.984. The first-order chi connectivity index (χ1) is 13.8. The number of hydrogen-bond acceptors (Lipinski definition) is 8. The Labute approximate surface area is 167 Å². The van der Waals surface area contributed by atoms with Crippen molar-refractivity contribution in [2.45, 2.75) is 25.4 Å². The molecule has 0 unspecified atom stereocenters. The highest BCUT2D eigenvalue weighted by atomic mass is 31.2. The van der Waals surface area contributed by atoms with Crippen LogP contribution in [0.15, 0.2) is 23.1 Å². The Morgan fingerprint density at radius 2 is 2.07 bits per heavy atom. The Kier molecular flexibility index (Phi) is 5.14. The summed E-state index contributed by atoms with van der Waals surface area (Å²) < 4.78 is 19.2. The third-order valence-corrected chi connectivity index (χ3v) is 6.02. The number of aromatic nitrogens is 5. The van der Waals surface area contributed by atoms with Gasteiger partial charge in [0.25, 0.3) is 0 Å². The fraction of sp³-hybridized carbons (Fsp3) is 0.444. The maximum Gasteiger partial charge on any atom is 0.328 e. The van der Waals surface area contributed by atoms with Crippen LogP contribution in [0.3, 0.4) is 0 Å². The summed E-state index contributed by atoms with van der Waals surface area (Å²) in [7, 11) is -2.73. The molecule has 4 heterocycles. The summed E-state index contributed by atoms with van der Waals surface area (Å²) in [6, 6.07) is 4.16. The van der Waals surface area contributed by atoms with Crippen molar-refractivity contribution in [2.75, 3.05) is 37.6 Å². The fourth-order valence-corrected chi connectivity index (χ4v) is 3.95. The van der Waals surface area contributed by atoms with Gasteiger partial charge in [-0.2, -0.15) is 0 Å². The van der Waals surface area contributed by atoms with Gasteiger partial charge in [-0.3, -0.25) is 4.57 Å². The predicted molar refractivity (Wildman–Crippen MR) is 112 cm³/mol. The molecule has 0 atom stereocenters. The highest BCUT2D eigenvalue weighted by molar-refractivity contribution is 7.69. The third kappa shape index (κ3) is 4.18. The van der Waals surface area contributed by atoms with Gasteiger partial charge in [-0.1, -0.05) is 6.07 Å². The second-order valence-corrected chi connectivity index (χ2v) is 10.7. The summed E-state index contributed by atoms with van der Waals surface area (Å²) in [6.45, 7) is 4.91. The van der Waals surface area contributed by atoms with E-state index in [4.69, 9.17) is 10.5 Å². The van der Waals surface area contributed by atoms with Crippen molar-refractivity contribution in [1.29, 1.82) is 0 Å². The number of nitrogens with zero attached hydrogens (tertiary/aromatic N) is 4. The monoisotopic (exact) mass is 417 g/mol. The van der Waals surface area contributed by atoms with Gasteiger partial charge in [0.15, 0.2) is 17.0 Å². The number of nitrogens with one attached hydrogen (secondary N) is 2. The quantitative estimate of drug-likeness (QED) is 0.522. The Bertz CT molecular complexity index is 1130. The molecule has 0 bridgehead atoms. The lowest BCUT2D eigenvalue weighted by molar-refractivity contribution is 0.0904. The topological polar surface area (TPSA) is 141 Å². The van der Waals surface area contributed by atoms with Crippen molar-refractivity contribution >= 4 is 35.5 Å². The Balaban J connectivity index is 1.60. The molecular weight excluding hydrogens is 393 g/mol. The Morgan fingerprint density at radius 1 is 1.31 bits per heavy atom. The molecule has 11 heteroatoms. The van der Waals surface area contributed by atoms with E-state index >= 15 is 0 Å². The first-order valence-corrected chi connectivity index (χ1v) is 12.0. The smallest absolute Gasteiger partial charge is 0.328 e. The molecule has 1 aliphatic rings. The van der Waals surface area contributed by atoms with Crippen molar-refractivity contribution in [3.05, 3.63) is 34.4 Å². The summed E-state index contributed by atoms with van der Waals surface area (Å²) in [5.41, 5.74) is 7.27. The molecular formula is C18H24N7O3P. The van der Waals surface area contributed by atoms with E-state index in [0.717, 1.165) is 37.4 Å². The van der Waals surface area contributed by atoms with Crippen LogP contribution >= 0.6 is 7.14 Å². The average Bonchev–Trinajstić information content (AvgIpc) is 3.00. The number of pyridine rings is 1. The van der Waals surface area contributed by atoms with Gasteiger partial charge in [0.1, 0.15) is 18.5 Å². The molecule has 3 aromatic rings.